The number of aliphatic carboxylic acids is 1. The standard InChI is InChI=1S/C22H22FN3O6S/c1-3-13-11-16-19(21(29)24-2)20(14-6-8-15(23)9-7-14)32-22(16)25-17(13)12-26(33(30)31)10-4-5-18(27)28/h3,6-9,11H,1,4-5,10,12H2,2H3,(H,24,29)(H,27,28)(H,30,31)/p-1. The Labute approximate surface area is 191 Å². The van der Waals surface area contributed by atoms with E-state index in [1.165, 1.54) is 37.4 Å². The second kappa shape index (κ2) is 10.5. The van der Waals surface area contributed by atoms with Gasteiger partial charge in [0.05, 0.1) is 23.2 Å². The lowest BCUT2D eigenvalue weighted by Crippen LogP contribution is -2.27. The average molecular weight is 474 g/mol. The van der Waals surface area contributed by atoms with Gasteiger partial charge in [0.2, 0.25) is 5.71 Å². The third kappa shape index (κ3) is 5.51. The molecule has 174 valence electrons. The van der Waals surface area contributed by atoms with Gasteiger partial charge in [-0.15, -0.1) is 0 Å². The number of fused-ring (bicyclic) bond motifs is 1. The van der Waals surface area contributed by atoms with Crippen LogP contribution in [-0.4, -0.2) is 48.6 Å². The first-order chi connectivity index (χ1) is 15.7. The van der Waals surface area contributed by atoms with Crippen molar-refractivity contribution >= 4 is 40.3 Å². The van der Waals surface area contributed by atoms with Gasteiger partial charge < -0.3 is 19.4 Å². The van der Waals surface area contributed by atoms with Crippen LogP contribution in [-0.2, 0) is 22.6 Å². The van der Waals surface area contributed by atoms with E-state index < -0.39 is 29.0 Å². The molecule has 0 saturated heterocycles. The average Bonchev–Trinajstić information content (AvgIpc) is 3.15. The van der Waals surface area contributed by atoms with Gasteiger partial charge in [-0.25, -0.2) is 13.7 Å². The minimum atomic E-state index is -2.62. The van der Waals surface area contributed by atoms with Crippen molar-refractivity contribution in [2.75, 3.05) is 13.6 Å². The number of carboxylic acid groups (broad SMARTS) is 1. The van der Waals surface area contributed by atoms with Crippen molar-refractivity contribution in [1.82, 2.24) is 14.6 Å². The van der Waals surface area contributed by atoms with Crippen molar-refractivity contribution in [3.05, 3.63) is 59.5 Å². The zero-order valence-electron chi connectivity index (χ0n) is 17.7. The molecule has 0 aliphatic heterocycles. The normalized spacial score (nSPS) is 12.1. The molecule has 3 aromatic rings. The van der Waals surface area contributed by atoms with E-state index in [9.17, 15) is 22.7 Å². The Balaban J connectivity index is 2.08. The van der Waals surface area contributed by atoms with Crippen LogP contribution >= 0.6 is 0 Å². The minimum absolute atomic E-state index is 0.0127. The number of furan rings is 1. The molecule has 0 bridgehead atoms. The highest BCUT2D eigenvalue weighted by Crippen LogP contribution is 2.34. The van der Waals surface area contributed by atoms with Crippen LogP contribution in [0.3, 0.4) is 0 Å². The lowest BCUT2D eigenvalue weighted by molar-refractivity contribution is -0.137. The van der Waals surface area contributed by atoms with Crippen LogP contribution in [0.2, 0.25) is 0 Å². The third-order valence-electron chi connectivity index (χ3n) is 4.91. The molecule has 0 aliphatic rings. The fraction of sp³-hybridized carbons (Fsp3) is 0.227. The lowest BCUT2D eigenvalue weighted by atomic mass is 10.0. The van der Waals surface area contributed by atoms with Crippen molar-refractivity contribution < 1.29 is 32.3 Å². The SMILES string of the molecule is C=Cc1cc2c(C(=O)NC)c(-c3ccc(F)cc3)oc2nc1CN(CCCC(=O)O)S(=O)[O-]. The molecule has 2 heterocycles. The Hall–Kier alpha value is -3.41. The van der Waals surface area contributed by atoms with Crippen LogP contribution in [0.4, 0.5) is 4.39 Å². The number of benzene rings is 1. The topological polar surface area (TPSA) is 136 Å². The number of amides is 1. The number of carbonyl (C=O) groups excluding carboxylic acids is 1. The molecule has 0 fully saturated rings. The molecular weight excluding hydrogens is 453 g/mol. The number of rotatable bonds is 10. The number of halogens is 1. The molecule has 0 aliphatic carbocycles. The van der Waals surface area contributed by atoms with Crippen molar-refractivity contribution in [3.8, 4) is 11.3 Å². The predicted octanol–water partition coefficient (Wildman–Crippen LogP) is 3.10. The molecule has 3 rings (SSSR count). The van der Waals surface area contributed by atoms with E-state index in [0.29, 0.717) is 22.2 Å². The largest absolute Gasteiger partial charge is 0.760 e. The summed E-state index contributed by atoms with van der Waals surface area (Å²) in [4.78, 5) is 27.8. The van der Waals surface area contributed by atoms with Crippen LogP contribution in [0.25, 0.3) is 28.5 Å². The van der Waals surface area contributed by atoms with Crippen molar-refractivity contribution in [1.29, 1.82) is 0 Å². The highest BCUT2D eigenvalue weighted by molar-refractivity contribution is 7.76. The number of hydrogen-bond donors (Lipinski definition) is 2. The summed E-state index contributed by atoms with van der Waals surface area (Å²) in [5, 5.41) is 11.7. The summed E-state index contributed by atoms with van der Waals surface area (Å²) in [6.07, 6.45) is 1.43. The van der Waals surface area contributed by atoms with Gasteiger partial charge in [0, 0.05) is 36.8 Å². The highest BCUT2D eigenvalue weighted by Gasteiger charge is 2.24. The first-order valence-corrected chi connectivity index (χ1v) is 10.9. The molecule has 33 heavy (non-hydrogen) atoms. The monoisotopic (exact) mass is 474 g/mol. The van der Waals surface area contributed by atoms with E-state index in [-0.39, 0.29) is 43.0 Å². The summed E-state index contributed by atoms with van der Waals surface area (Å²) in [6.45, 7) is 3.59. The third-order valence-corrected chi connectivity index (χ3v) is 5.64. The Bertz CT molecular complexity index is 1230. The van der Waals surface area contributed by atoms with Crippen LogP contribution in [0.15, 0.2) is 41.3 Å². The summed E-state index contributed by atoms with van der Waals surface area (Å²) < 4.78 is 43.6. The first kappa shape index (κ1) is 24.2. The maximum atomic E-state index is 13.4. The molecule has 11 heteroatoms. The van der Waals surface area contributed by atoms with E-state index in [0.717, 1.165) is 4.31 Å². The fourth-order valence-electron chi connectivity index (χ4n) is 3.31. The fourth-order valence-corrected chi connectivity index (χ4v) is 3.82. The maximum absolute atomic E-state index is 13.4. The maximum Gasteiger partial charge on any atom is 0.303 e. The number of aromatic nitrogens is 1. The van der Waals surface area contributed by atoms with Crippen LogP contribution in [0.1, 0.15) is 34.5 Å². The van der Waals surface area contributed by atoms with Gasteiger partial charge in [0.15, 0.2) is 0 Å². The summed E-state index contributed by atoms with van der Waals surface area (Å²) in [5.41, 5.74) is 1.56. The number of carboxylic acids is 1. The van der Waals surface area contributed by atoms with Crippen molar-refractivity contribution in [2.45, 2.75) is 19.4 Å². The summed E-state index contributed by atoms with van der Waals surface area (Å²) >= 11 is -2.62. The van der Waals surface area contributed by atoms with Gasteiger partial charge in [-0.05, 0) is 42.3 Å². The number of hydrogen-bond acceptors (Lipinski definition) is 6. The summed E-state index contributed by atoms with van der Waals surface area (Å²) in [5.74, 6) is -1.72. The second-order valence-electron chi connectivity index (χ2n) is 7.05. The lowest BCUT2D eigenvalue weighted by Gasteiger charge is -2.24. The molecule has 0 spiro atoms. The zero-order valence-corrected chi connectivity index (χ0v) is 18.5. The molecule has 9 nitrogen and oxygen atoms in total. The van der Waals surface area contributed by atoms with Crippen LogP contribution in [0, 0.1) is 5.82 Å². The number of nitrogens with one attached hydrogen (secondary N) is 1. The summed E-state index contributed by atoms with van der Waals surface area (Å²) in [7, 11) is 1.46. The zero-order chi connectivity index (χ0) is 24.1. The predicted molar refractivity (Wildman–Crippen MR) is 119 cm³/mol. The van der Waals surface area contributed by atoms with E-state index in [4.69, 9.17) is 9.52 Å². The quantitative estimate of drug-likeness (QED) is 0.431. The van der Waals surface area contributed by atoms with Gasteiger partial charge in [-0.3, -0.25) is 13.8 Å². The minimum Gasteiger partial charge on any atom is -0.760 e. The summed E-state index contributed by atoms with van der Waals surface area (Å²) in [6, 6.07) is 7.04. The molecule has 1 aromatic carbocycles. The van der Waals surface area contributed by atoms with E-state index in [1.807, 2.05) is 0 Å². The Morgan fingerprint density at radius 2 is 2.06 bits per heavy atom. The van der Waals surface area contributed by atoms with E-state index in [2.05, 4.69) is 16.9 Å². The van der Waals surface area contributed by atoms with Gasteiger partial charge in [0.25, 0.3) is 5.91 Å². The molecule has 2 aromatic heterocycles. The van der Waals surface area contributed by atoms with Crippen LogP contribution in [0.5, 0.6) is 0 Å². The second-order valence-corrected chi connectivity index (χ2v) is 8.00. The van der Waals surface area contributed by atoms with E-state index >= 15 is 0 Å². The number of carbonyl (C=O) groups is 2. The Morgan fingerprint density at radius 1 is 1.36 bits per heavy atom. The smallest absolute Gasteiger partial charge is 0.303 e. The number of pyridine rings is 1. The van der Waals surface area contributed by atoms with Gasteiger partial charge >= 0.3 is 5.97 Å². The van der Waals surface area contributed by atoms with Crippen molar-refractivity contribution in [2.24, 2.45) is 0 Å². The van der Waals surface area contributed by atoms with Crippen molar-refractivity contribution in [3.63, 3.8) is 0 Å². The molecule has 0 saturated carbocycles. The number of nitrogens with zero attached hydrogens (tertiary/aromatic N) is 2. The van der Waals surface area contributed by atoms with Gasteiger partial charge in [-0.2, -0.15) is 0 Å². The Kier molecular flexibility index (Phi) is 7.69. The first-order valence-electron chi connectivity index (χ1n) is 9.88. The molecule has 2 N–H and O–H groups in total. The Morgan fingerprint density at radius 3 is 2.64 bits per heavy atom. The molecule has 1 unspecified atom stereocenters. The highest BCUT2D eigenvalue weighted by atomic mass is 32.2. The molecular formula is C22H21FN3O6S-. The van der Waals surface area contributed by atoms with E-state index in [1.54, 1.807) is 6.07 Å². The van der Waals surface area contributed by atoms with Crippen LogP contribution < -0.4 is 5.32 Å². The molecule has 1 atom stereocenters. The molecule has 1 amide bonds. The van der Waals surface area contributed by atoms with Gasteiger partial charge in [-0.1, -0.05) is 12.7 Å². The van der Waals surface area contributed by atoms with Gasteiger partial charge in [0.1, 0.15) is 11.6 Å². The molecule has 0 radical (unpaired) electrons.